The summed E-state index contributed by atoms with van der Waals surface area (Å²) in [6.45, 7) is 8.91. The summed E-state index contributed by atoms with van der Waals surface area (Å²) in [6.07, 6.45) is 8.41. The fourth-order valence-electron chi connectivity index (χ4n) is 3.90. The van der Waals surface area contributed by atoms with Crippen molar-refractivity contribution in [3.63, 3.8) is 0 Å². The number of anilines is 1. The lowest BCUT2D eigenvalue weighted by molar-refractivity contribution is 0.414. The zero-order valence-corrected chi connectivity index (χ0v) is 22.1. The van der Waals surface area contributed by atoms with Crippen LogP contribution in [-0.2, 0) is 10.0 Å². The average Bonchev–Trinajstić information content (AvgIpc) is 3.69. The Labute approximate surface area is 209 Å². The van der Waals surface area contributed by atoms with Crippen molar-refractivity contribution in [3.8, 4) is 16.9 Å². The molecule has 1 fully saturated rings. The molecule has 0 amide bonds. The van der Waals surface area contributed by atoms with E-state index in [1.165, 1.54) is 11.4 Å². The Bertz CT molecular complexity index is 1260. The van der Waals surface area contributed by atoms with Crippen LogP contribution in [0, 0.1) is 0 Å². The first-order chi connectivity index (χ1) is 16.6. The van der Waals surface area contributed by atoms with Gasteiger partial charge in [-0.3, -0.25) is 0 Å². The third kappa shape index (κ3) is 6.01. The number of pyridine rings is 1. The van der Waals surface area contributed by atoms with Crippen LogP contribution in [0.2, 0.25) is 0 Å². The molecule has 1 aromatic carbocycles. The van der Waals surface area contributed by atoms with E-state index in [0.717, 1.165) is 59.2 Å². The van der Waals surface area contributed by atoms with Crippen molar-refractivity contribution in [1.82, 2.24) is 14.6 Å². The predicted molar refractivity (Wildman–Crippen MR) is 144 cm³/mol. The lowest BCUT2D eigenvalue weighted by Gasteiger charge is -2.18. The number of nitrogen functional groups attached to an aromatic ring is 1. The van der Waals surface area contributed by atoms with E-state index < -0.39 is 10.0 Å². The highest BCUT2D eigenvalue weighted by Gasteiger charge is 2.35. The van der Waals surface area contributed by atoms with Crippen LogP contribution >= 0.6 is 0 Å². The van der Waals surface area contributed by atoms with Gasteiger partial charge in [-0.15, -0.1) is 0 Å². The van der Waals surface area contributed by atoms with E-state index in [1.807, 2.05) is 33.0 Å². The first-order valence-electron chi connectivity index (χ1n) is 11.7. The molecule has 1 aliphatic rings. The van der Waals surface area contributed by atoms with Gasteiger partial charge in [0, 0.05) is 42.0 Å². The summed E-state index contributed by atoms with van der Waals surface area (Å²) in [5.41, 5.74) is 11.7. The fourth-order valence-corrected chi connectivity index (χ4v) is 5.33. The number of nitrogens with one attached hydrogen (secondary N) is 1. The summed E-state index contributed by atoms with van der Waals surface area (Å²) in [7, 11) is 1.51. The maximum absolute atomic E-state index is 13.0. The molecule has 0 aliphatic heterocycles. The quantitative estimate of drug-likeness (QED) is 0.440. The molecule has 0 radical (unpaired) electrons. The van der Waals surface area contributed by atoms with E-state index in [9.17, 15) is 8.42 Å². The summed E-state index contributed by atoms with van der Waals surface area (Å²) in [5, 5.41) is 3.17. The molecule has 2 aromatic rings. The normalized spacial score (nSPS) is 14.9. The molecule has 7 nitrogen and oxygen atoms in total. The number of nitrogens with two attached hydrogens (primary N) is 1. The Balaban J connectivity index is 2.03. The summed E-state index contributed by atoms with van der Waals surface area (Å²) >= 11 is 0. The number of rotatable bonds is 11. The second-order valence-electron chi connectivity index (χ2n) is 8.82. The molecule has 1 aliphatic carbocycles. The van der Waals surface area contributed by atoms with Crippen molar-refractivity contribution in [1.29, 1.82) is 0 Å². The Hall–Kier alpha value is -2.94. The van der Waals surface area contributed by atoms with Crippen molar-refractivity contribution in [2.75, 3.05) is 33.5 Å². The maximum Gasteiger partial charge on any atom is 0.243 e. The molecule has 0 unspecified atom stereocenters. The largest absolute Gasteiger partial charge is 0.496 e. The zero-order valence-electron chi connectivity index (χ0n) is 21.3. The van der Waals surface area contributed by atoms with Crippen LogP contribution in [0.15, 0.2) is 65.2 Å². The third-order valence-corrected chi connectivity index (χ3v) is 8.19. The molecular weight excluding hydrogens is 460 g/mol. The van der Waals surface area contributed by atoms with Crippen LogP contribution in [0.5, 0.6) is 5.75 Å². The van der Waals surface area contributed by atoms with Crippen molar-refractivity contribution >= 4 is 21.4 Å². The molecule has 35 heavy (non-hydrogen) atoms. The molecule has 3 rings (SSSR count). The van der Waals surface area contributed by atoms with Gasteiger partial charge in [0.25, 0.3) is 0 Å². The van der Waals surface area contributed by atoms with Gasteiger partial charge in [-0.05, 0) is 76.0 Å². The third-order valence-electron chi connectivity index (χ3n) is 6.28. The Morgan fingerprint density at radius 3 is 2.63 bits per heavy atom. The molecule has 188 valence electrons. The number of benzene rings is 1. The number of methoxy groups -OCH3 is 1. The molecule has 3 N–H and O–H groups in total. The molecule has 1 aromatic heterocycles. The van der Waals surface area contributed by atoms with Gasteiger partial charge >= 0.3 is 0 Å². The molecule has 1 heterocycles. The Morgan fingerprint density at radius 2 is 2.06 bits per heavy atom. The fraction of sp³-hybridized carbons (Fsp3) is 0.370. The van der Waals surface area contributed by atoms with Gasteiger partial charge in [-0.25, -0.2) is 13.4 Å². The molecule has 0 bridgehead atoms. The number of aromatic nitrogens is 1. The minimum absolute atomic E-state index is 0.0824. The highest BCUT2D eigenvalue weighted by Crippen LogP contribution is 2.37. The van der Waals surface area contributed by atoms with Crippen LogP contribution in [0.3, 0.4) is 0 Å². The summed E-state index contributed by atoms with van der Waals surface area (Å²) in [5.74, 6) is 0.874. The number of hydrogen-bond donors (Lipinski definition) is 2. The first-order valence-corrected chi connectivity index (χ1v) is 13.2. The topological polar surface area (TPSA) is 97.5 Å². The summed E-state index contributed by atoms with van der Waals surface area (Å²) in [6, 6.07) is 7.01. The lowest BCUT2D eigenvalue weighted by atomic mass is 9.96. The second kappa shape index (κ2) is 11.2. The van der Waals surface area contributed by atoms with Gasteiger partial charge in [-0.2, -0.15) is 4.31 Å². The monoisotopic (exact) mass is 496 g/mol. The first kappa shape index (κ1) is 26.7. The van der Waals surface area contributed by atoms with Crippen molar-refractivity contribution in [2.24, 2.45) is 0 Å². The maximum atomic E-state index is 13.0. The number of sulfonamides is 1. The smallest absolute Gasteiger partial charge is 0.243 e. The van der Waals surface area contributed by atoms with Crippen molar-refractivity contribution in [3.05, 3.63) is 65.9 Å². The van der Waals surface area contributed by atoms with E-state index in [4.69, 9.17) is 10.5 Å². The predicted octanol–water partition coefficient (Wildman–Crippen LogP) is 4.64. The number of nitrogens with zero attached hydrogens (tertiary/aromatic N) is 2. The average molecular weight is 497 g/mol. The zero-order chi connectivity index (χ0) is 25.8. The van der Waals surface area contributed by atoms with Crippen LogP contribution in [0.25, 0.3) is 16.7 Å². The Morgan fingerprint density at radius 1 is 1.34 bits per heavy atom. The van der Waals surface area contributed by atoms with Gasteiger partial charge in [0.15, 0.2) is 0 Å². The number of hydrogen-bond acceptors (Lipinski definition) is 6. The van der Waals surface area contributed by atoms with Gasteiger partial charge in [-0.1, -0.05) is 24.3 Å². The van der Waals surface area contributed by atoms with E-state index >= 15 is 0 Å². The minimum Gasteiger partial charge on any atom is -0.496 e. The van der Waals surface area contributed by atoms with Crippen LogP contribution in [-0.4, -0.2) is 51.5 Å². The molecule has 0 saturated heterocycles. The molecule has 8 heteroatoms. The van der Waals surface area contributed by atoms with Gasteiger partial charge in [0.05, 0.1) is 12.0 Å². The minimum atomic E-state index is -3.58. The van der Waals surface area contributed by atoms with Gasteiger partial charge < -0.3 is 15.8 Å². The van der Waals surface area contributed by atoms with Gasteiger partial charge in [0.2, 0.25) is 10.0 Å². The van der Waals surface area contributed by atoms with E-state index in [2.05, 4.69) is 23.0 Å². The molecular formula is C27H36N4O3S. The SMILES string of the molecule is C=C(C)/C(=C\C(=C/C)c1cc(-c2ccc(S(=O)(=O)N(C)C3CC3)cc2OC)cnc1N)CCNC. The van der Waals surface area contributed by atoms with E-state index in [0.29, 0.717) is 11.6 Å². The highest BCUT2D eigenvalue weighted by molar-refractivity contribution is 7.89. The molecule has 0 spiro atoms. The van der Waals surface area contributed by atoms with E-state index in [-0.39, 0.29) is 10.9 Å². The van der Waals surface area contributed by atoms with Gasteiger partial charge in [0.1, 0.15) is 11.6 Å². The van der Waals surface area contributed by atoms with Crippen LogP contribution in [0.1, 0.15) is 38.7 Å². The number of allylic oxidation sites excluding steroid dienone is 4. The van der Waals surface area contributed by atoms with E-state index in [1.54, 1.807) is 31.4 Å². The van der Waals surface area contributed by atoms with Crippen LogP contribution < -0.4 is 15.8 Å². The lowest BCUT2D eigenvalue weighted by Crippen LogP contribution is -2.28. The molecule has 0 atom stereocenters. The van der Waals surface area contributed by atoms with Crippen LogP contribution in [0.4, 0.5) is 5.82 Å². The van der Waals surface area contributed by atoms with Crippen molar-refractivity contribution in [2.45, 2.75) is 44.0 Å². The highest BCUT2D eigenvalue weighted by atomic mass is 32.2. The Kier molecular flexibility index (Phi) is 8.53. The van der Waals surface area contributed by atoms with Crippen molar-refractivity contribution < 1.29 is 13.2 Å². The summed E-state index contributed by atoms with van der Waals surface area (Å²) in [4.78, 5) is 4.65. The number of ether oxygens (including phenoxy) is 1. The molecule has 1 saturated carbocycles. The standard InChI is InChI=1S/C27H36N4O3S/c1-7-19(14-20(18(2)3)12-13-29-4)25-15-21(17-30-27(25)28)24-11-10-23(16-26(24)34-6)35(32,33)31(5)22-8-9-22/h7,10-11,14-17,22,29H,2,8-9,12-13H2,1,3-6H3,(H2,28,30)/b19-7+,20-14-. The summed E-state index contributed by atoms with van der Waals surface area (Å²) < 4.78 is 33.1. The second-order valence-corrected chi connectivity index (χ2v) is 10.8.